The van der Waals surface area contributed by atoms with Crippen LogP contribution in [0, 0.1) is 11.3 Å². The average molecular weight is 222 g/mol. The minimum atomic E-state index is 0.138. The zero-order valence-electron chi connectivity index (χ0n) is 10.1. The van der Waals surface area contributed by atoms with E-state index in [0.29, 0.717) is 12.2 Å². The summed E-state index contributed by atoms with van der Waals surface area (Å²) in [7, 11) is 1.71. The van der Waals surface area contributed by atoms with E-state index in [4.69, 9.17) is 0 Å². The molecule has 1 saturated carbocycles. The van der Waals surface area contributed by atoms with Crippen molar-refractivity contribution in [1.29, 1.82) is 0 Å². The van der Waals surface area contributed by atoms with E-state index in [1.807, 2.05) is 0 Å². The van der Waals surface area contributed by atoms with Crippen molar-refractivity contribution >= 4 is 5.78 Å². The second kappa shape index (κ2) is 3.96. The lowest BCUT2D eigenvalue weighted by Gasteiger charge is -2.25. The van der Waals surface area contributed by atoms with E-state index in [1.165, 1.54) is 4.80 Å². The minimum Gasteiger partial charge on any atom is -0.299 e. The normalized spacial score (nSPS) is 23.6. The number of carbonyl (C=O) groups is 1. The summed E-state index contributed by atoms with van der Waals surface area (Å²) in [5, 5.41) is 11.6. The molecule has 0 aliphatic heterocycles. The lowest BCUT2D eigenvalue weighted by Crippen LogP contribution is -2.27. The first-order chi connectivity index (χ1) is 7.49. The Kier molecular flexibility index (Phi) is 2.78. The summed E-state index contributed by atoms with van der Waals surface area (Å²) in [6.07, 6.45) is 3.61. The van der Waals surface area contributed by atoms with Gasteiger partial charge in [0.05, 0.1) is 13.5 Å². The summed E-state index contributed by atoms with van der Waals surface area (Å²) in [5.41, 5.74) is 0.138. The van der Waals surface area contributed by atoms with Gasteiger partial charge in [-0.1, -0.05) is 20.3 Å². The maximum atomic E-state index is 12.1. The van der Waals surface area contributed by atoms with Gasteiger partial charge in [-0.25, -0.2) is 0 Å². The third-order valence-corrected chi connectivity index (χ3v) is 3.53. The highest BCUT2D eigenvalue weighted by molar-refractivity contribution is 5.83. The Bertz CT molecular complexity index is 396. The number of ketones is 1. The zero-order chi connectivity index (χ0) is 11.8. The number of aromatic nitrogens is 4. The molecule has 1 atom stereocenters. The number of carbonyl (C=O) groups excluding carboxylic acids is 1. The van der Waals surface area contributed by atoms with Gasteiger partial charge in [0.2, 0.25) is 0 Å². The molecule has 16 heavy (non-hydrogen) atoms. The van der Waals surface area contributed by atoms with Crippen LogP contribution in [0.3, 0.4) is 0 Å². The minimum absolute atomic E-state index is 0.138. The molecule has 1 heterocycles. The third-order valence-electron chi connectivity index (χ3n) is 3.53. The SMILES string of the molecule is Cn1nnc(CC(=O)C2CCCC2(C)C)n1. The molecule has 0 saturated heterocycles. The number of Topliss-reactive ketones (excluding diaryl/α,β-unsaturated/α-hetero) is 1. The molecule has 1 aliphatic rings. The van der Waals surface area contributed by atoms with Crippen molar-refractivity contribution in [3.8, 4) is 0 Å². The van der Waals surface area contributed by atoms with E-state index in [-0.39, 0.29) is 17.1 Å². The number of hydrogen-bond donors (Lipinski definition) is 0. The zero-order valence-corrected chi connectivity index (χ0v) is 10.1. The molecule has 0 radical (unpaired) electrons. The topological polar surface area (TPSA) is 60.7 Å². The van der Waals surface area contributed by atoms with Crippen LogP contribution < -0.4 is 0 Å². The fraction of sp³-hybridized carbons (Fsp3) is 0.818. The van der Waals surface area contributed by atoms with Crippen molar-refractivity contribution in [1.82, 2.24) is 20.2 Å². The summed E-state index contributed by atoms with van der Waals surface area (Å²) in [4.78, 5) is 13.5. The van der Waals surface area contributed by atoms with E-state index >= 15 is 0 Å². The molecule has 1 aromatic rings. The molecular weight excluding hydrogens is 204 g/mol. The van der Waals surface area contributed by atoms with Gasteiger partial charge in [-0.2, -0.15) is 4.80 Å². The summed E-state index contributed by atoms with van der Waals surface area (Å²) in [6, 6.07) is 0. The highest BCUT2D eigenvalue weighted by Gasteiger charge is 2.39. The molecule has 1 aliphatic carbocycles. The third kappa shape index (κ3) is 2.13. The molecule has 5 nitrogen and oxygen atoms in total. The van der Waals surface area contributed by atoms with Crippen LogP contribution in [0.1, 0.15) is 38.9 Å². The smallest absolute Gasteiger partial charge is 0.182 e. The lowest BCUT2D eigenvalue weighted by molar-refractivity contribution is -0.124. The second-order valence-corrected chi connectivity index (χ2v) is 5.27. The monoisotopic (exact) mass is 222 g/mol. The van der Waals surface area contributed by atoms with Crippen LogP contribution in [0.5, 0.6) is 0 Å². The predicted octanol–water partition coefficient (Wildman–Crippen LogP) is 1.15. The summed E-state index contributed by atoms with van der Waals surface area (Å²) >= 11 is 0. The molecule has 0 aromatic carbocycles. The van der Waals surface area contributed by atoms with Gasteiger partial charge in [-0.3, -0.25) is 4.79 Å². The van der Waals surface area contributed by atoms with Crippen LogP contribution in [0.25, 0.3) is 0 Å². The molecule has 88 valence electrons. The van der Waals surface area contributed by atoms with E-state index in [9.17, 15) is 4.79 Å². The largest absolute Gasteiger partial charge is 0.299 e. The molecule has 2 rings (SSSR count). The van der Waals surface area contributed by atoms with Crippen LogP contribution in [0.2, 0.25) is 0 Å². The average Bonchev–Trinajstić information content (AvgIpc) is 2.72. The van der Waals surface area contributed by atoms with Crippen LogP contribution >= 0.6 is 0 Å². The highest BCUT2D eigenvalue weighted by Crippen LogP contribution is 2.43. The van der Waals surface area contributed by atoms with Crippen molar-refractivity contribution in [2.24, 2.45) is 18.4 Å². The van der Waals surface area contributed by atoms with Crippen molar-refractivity contribution in [2.75, 3.05) is 0 Å². The van der Waals surface area contributed by atoms with Crippen LogP contribution in [0.4, 0.5) is 0 Å². The second-order valence-electron chi connectivity index (χ2n) is 5.27. The molecule has 0 spiro atoms. The standard InChI is InChI=1S/C11H18N4O/c1-11(2)6-4-5-8(11)9(16)7-10-12-14-15(3)13-10/h8H,4-7H2,1-3H3. The van der Waals surface area contributed by atoms with Crippen molar-refractivity contribution in [3.05, 3.63) is 5.82 Å². The fourth-order valence-electron chi connectivity index (χ4n) is 2.60. The Balaban J connectivity index is 2.03. The Morgan fingerprint density at radius 2 is 2.31 bits per heavy atom. The molecule has 0 N–H and O–H groups in total. The van der Waals surface area contributed by atoms with E-state index < -0.39 is 0 Å². The van der Waals surface area contributed by atoms with Gasteiger partial charge in [0, 0.05) is 5.92 Å². The first-order valence-corrected chi connectivity index (χ1v) is 5.74. The summed E-state index contributed by atoms with van der Waals surface area (Å²) < 4.78 is 0. The maximum absolute atomic E-state index is 12.1. The van der Waals surface area contributed by atoms with E-state index in [0.717, 1.165) is 19.3 Å². The molecule has 1 fully saturated rings. The molecule has 0 amide bonds. The Morgan fingerprint density at radius 3 is 2.81 bits per heavy atom. The quantitative estimate of drug-likeness (QED) is 0.769. The van der Waals surface area contributed by atoms with Gasteiger partial charge in [0.1, 0.15) is 5.78 Å². The number of rotatable bonds is 3. The van der Waals surface area contributed by atoms with Gasteiger partial charge in [0.15, 0.2) is 5.82 Å². The van der Waals surface area contributed by atoms with E-state index in [1.54, 1.807) is 7.05 Å². The fourth-order valence-corrected chi connectivity index (χ4v) is 2.60. The molecular formula is C11H18N4O. The van der Waals surface area contributed by atoms with Crippen LogP contribution in [0.15, 0.2) is 0 Å². The van der Waals surface area contributed by atoms with Gasteiger partial charge in [-0.15, -0.1) is 10.2 Å². The molecule has 1 unspecified atom stereocenters. The Labute approximate surface area is 95.2 Å². The van der Waals surface area contributed by atoms with Gasteiger partial charge < -0.3 is 0 Å². The maximum Gasteiger partial charge on any atom is 0.182 e. The van der Waals surface area contributed by atoms with Crippen LogP contribution in [-0.4, -0.2) is 26.0 Å². The molecule has 5 heteroatoms. The van der Waals surface area contributed by atoms with Crippen molar-refractivity contribution in [3.63, 3.8) is 0 Å². The number of nitrogens with zero attached hydrogens (tertiary/aromatic N) is 4. The Morgan fingerprint density at radius 1 is 1.56 bits per heavy atom. The molecule has 0 bridgehead atoms. The highest BCUT2D eigenvalue weighted by atomic mass is 16.1. The van der Waals surface area contributed by atoms with Gasteiger partial charge in [0.25, 0.3) is 0 Å². The molecule has 1 aromatic heterocycles. The van der Waals surface area contributed by atoms with E-state index in [2.05, 4.69) is 29.3 Å². The number of tetrazole rings is 1. The number of aryl methyl sites for hydroxylation is 1. The number of hydrogen-bond acceptors (Lipinski definition) is 4. The first kappa shape index (κ1) is 11.2. The van der Waals surface area contributed by atoms with Crippen molar-refractivity contribution < 1.29 is 4.79 Å². The lowest BCUT2D eigenvalue weighted by atomic mass is 9.78. The summed E-state index contributed by atoms with van der Waals surface area (Å²) in [5.74, 6) is 0.960. The van der Waals surface area contributed by atoms with Gasteiger partial charge >= 0.3 is 0 Å². The first-order valence-electron chi connectivity index (χ1n) is 5.74. The Hall–Kier alpha value is -1.26. The van der Waals surface area contributed by atoms with Crippen LogP contribution in [-0.2, 0) is 18.3 Å². The van der Waals surface area contributed by atoms with Crippen molar-refractivity contribution in [2.45, 2.75) is 39.5 Å². The predicted molar refractivity (Wildman–Crippen MR) is 58.6 cm³/mol. The summed E-state index contributed by atoms with van der Waals surface area (Å²) in [6.45, 7) is 4.35. The van der Waals surface area contributed by atoms with Gasteiger partial charge in [-0.05, 0) is 23.5 Å².